The summed E-state index contributed by atoms with van der Waals surface area (Å²) >= 11 is 0. The zero-order valence-corrected chi connectivity index (χ0v) is 14.4. The fraction of sp³-hybridized carbons (Fsp3) is 0.444. The first kappa shape index (κ1) is 16.7. The molecule has 3 atom stereocenters. The Labute approximate surface area is 150 Å². The third-order valence-electron chi connectivity index (χ3n) is 5.57. The van der Waals surface area contributed by atoms with Crippen molar-refractivity contribution in [2.75, 3.05) is 11.4 Å². The van der Waals surface area contributed by atoms with Crippen LogP contribution in [-0.2, 0) is 9.59 Å². The van der Waals surface area contributed by atoms with Gasteiger partial charge in [-0.05, 0) is 38.0 Å². The Kier molecular flexibility index (Phi) is 3.80. The Hall–Kier alpha value is -2.74. The molecule has 0 aromatic heterocycles. The molecule has 3 aliphatic rings. The number of fused-ring (bicyclic) bond motifs is 1. The van der Waals surface area contributed by atoms with Gasteiger partial charge in [-0.3, -0.25) is 29.4 Å². The van der Waals surface area contributed by atoms with Crippen molar-refractivity contribution in [3.63, 3.8) is 0 Å². The fourth-order valence-electron chi connectivity index (χ4n) is 3.97. The third-order valence-corrected chi connectivity index (χ3v) is 5.57. The van der Waals surface area contributed by atoms with Crippen LogP contribution in [0.3, 0.4) is 0 Å². The van der Waals surface area contributed by atoms with E-state index in [-0.39, 0.29) is 30.8 Å². The summed E-state index contributed by atoms with van der Waals surface area (Å²) in [6, 6.07) is 4.42. The first-order chi connectivity index (χ1) is 12.4. The number of nitrogens with one attached hydrogen (secondary N) is 1. The van der Waals surface area contributed by atoms with Gasteiger partial charge in [0.15, 0.2) is 0 Å². The highest BCUT2D eigenvalue weighted by atomic mass is 16.2. The van der Waals surface area contributed by atoms with Crippen LogP contribution in [0.25, 0.3) is 0 Å². The van der Waals surface area contributed by atoms with E-state index in [2.05, 4.69) is 10.2 Å². The largest absolute Gasteiger partial charge is 0.367 e. The minimum absolute atomic E-state index is 0.0700. The topological polar surface area (TPSA) is 113 Å². The average molecular weight is 356 g/mol. The molecule has 26 heavy (non-hydrogen) atoms. The molecule has 1 aromatic carbocycles. The third kappa shape index (κ3) is 2.40. The van der Waals surface area contributed by atoms with Crippen molar-refractivity contribution in [3.8, 4) is 0 Å². The van der Waals surface area contributed by atoms with E-state index < -0.39 is 23.8 Å². The molecule has 3 aliphatic heterocycles. The van der Waals surface area contributed by atoms with Gasteiger partial charge in [0, 0.05) is 30.7 Å². The van der Waals surface area contributed by atoms with Crippen LogP contribution in [0, 0.1) is 0 Å². The molecule has 2 saturated heterocycles. The molecule has 3 heterocycles. The number of hydrogen-bond donors (Lipinski definition) is 2. The van der Waals surface area contributed by atoms with Gasteiger partial charge in [0.1, 0.15) is 6.04 Å². The predicted octanol–water partition coefficient (Wildman–Crippen LogP) is 0.0137. The van der Waals surface area contributed by atoms with E-state index in [1.165, 1.54) is 0 Å². The summed E-state index contributed by atoms with van der Waals surface area (Å²) in [5.41, 5.74) is 7.50. The average Bonchev–Trinajstić information content (AvgIpc) is 3.06. The number of rotatable bonds is 2. The maximum absolute atomic E-state index is 12.8. The zero-order chi connectivity index (χ0) is 18.6. The first-order valence-electron chi connectivity index (χ1n) is 8.76. The van der Waals surface area contributed by atoms with Crippen molar-refractivity contribution >= 4 is 29.3 Å². The molecule has 0 bridgehead atoms. The Morgan fingerprint density at radius 1 is 1.08 bits per heavy atom. The summed E-state index contributed by atoms with van der Waals surface area (Å²) in [6.07, 6.45) is 1.13. The van der Waals surface area contributed by atoms with Gasteiger partial charge < -0.3 is 10.6 Å². The molecule has 1 unspecified atom stereocenters. The normalized spacial score (nSPS) is 28.6. The molecule has 2 fully saturated rings. The summed E-state index contributed by atoms with van der Waals surface area (Å²) in [7, 11) is 0. The quantitative estimate of drug-likeness (QED) is 0.722. The molecule has 0 saturated carbocycles. The van der Waals surface area contributed by atoms with Crippen molar-refractivity contribution in [2.45, 2.75) is 44.3 Å². The van der Waals surface area contributed by atoms with Gasteiger partial charge >= 0.3 is 0 Å². The van der Waals surface area contributed by atoms with Crippen LogP contribution in [0.5, 0.6) is 0 Å². The molecule has 4 rings (SSSR count). The number of anilines is 1. The minimum Gasteiger partial charge on any atom is -0.367 e. The summed E-state index contributed by atoms with van der Waals surface area (Å²) < 4.78 is 0. The molecular weight excluding hydrogens is 336 g/mol. The highest BCUT2D eigenvalue weighted by molar-refractivity contribution is 6.23. The van der Waals surface area contributed by atoms with Gasteiger partial charge in [-0.2, -0.15) is 0 Å². The Balaban J connectivity index is 1.64. The van der Waals surface area contributed by atoms with E-state index in [9.17, 15) is 19.2 Å². The highest BCUT2D eigenvalue weighted by Crippen LogP contribution is 2.32. The second kappa shape index (κ2) is 5.91. The maximum Gasteiger partial charge on any atom is 0.262 e. The Morgan fingerprint density at radius 2 is 1.81 bits per heavy atom. The summed E-state index contributed by atoms with van der Waals surface area (Å²) in [6.45, 7) is 2.83. The molecule has 136 valence electrons. The smallest absolute Gasteiger partial charge is 0.262 e. The molecule has 8 heteroatoms. The number of nitrogens with two attached hydrogens (primary N) is 1. The standard InChI is InChI=1S/C18H20N4O4/c1-9-13(19)6-7-21(9)10-2-3-11-12(8-10)18(26)22(17(11)25)14-4-5-15(23)20-16(14)24/h2-3,8-9,13-14H,4-7,19H2,1H3,(H,20,23,24)/t9-,13-,14?/m1/s1. The summed E-state index contributed by atoms with van der Waals surface area (Å²) in [4.78, 5) is 52.1. The first-order valence-corrected chi connectivity index (χ1v) is 8.76. The lowest BCUT2D eigenvalue weighted by Gasteiger charge is -2.27. The lowest BCUT2D eigenvalue weighted by molar-refractivity contribution is -0.136. The number of nitrogens with zero attached hydrogens (tertiary/aromatic N) is 2. The van der Waals surface area contributed by atoms with Crippen molar-refractivity contribution in [2.24, 2.45) is 5.73 Å². The second-order valence-electron chi connectivity index (χ2n) is 7.06. The fourth-order valence-corrected chi connectivity index (χ4v) is 3.97. The molecule has 0 spiro atoms. The van der Waals surface area contributed by atoms with Crippen LogP contribution in [0.1, 0.15) is 46.9 Å². The highest BCUT2D eigenvalue weighted by Gasteiger charge is 2.45. The lowest BCUT2D eigenvalue weighted by atomic mass is 10.0. The SMILES string of the molecule is C[C@@H]1[C@H](N)CCN1c1ccc2c(c1)C(=O)N(C1CCC(=O)NC1=O)C2=O. The van der Waals surface area contributed by atoms with Crippen LogP contribution in [0.15, 0.2) is 18.2 Å². The van der Waals surface area contributed by atoms with Gasteiger partial charge in [-0.1, -0.05) is 0 Å². The number of piperidine rings is 1. The number of amides is 4. The summed E-state index contributed by atoms with van der Waals surface area (Å²) in [5, 5.41) is 2.19. The molecule has 8 nitrogen and oxygen atoms in total. The Morgan fingerprint density at radius 3 is 2.46 bits per heavy atom. The van der Waals surface area contributed by atoms with Gasteiger partial charge in [0.25, 0.3) is 11.8 Å². The van der Waals surface area contributed by atoms with E-state index in [4.69, 9.17) is 5.73 Å². The van der Waals surface area contributed by atoms with E-state index in [0.29, 0.717) is 11.1 Å². The zero-order valence-electron chi connectivity index (χ0n) is 14.4. The predicted molar refractivity (Wildman–Crippen MR) is 92.5 cm³/mol. The van der Waals surface area contributed by atoms with Gasteiger partial charge in [0.2, 0.25) is 11.8 Å². The van der Waals surface area contributed by atoms with Crippen LogP contribution >= 0.6 is 0 Å². The maximum atomic E-state index is 12.8. The minimum atomic E-state index is -0.942. The van der Waals surface area contributed by atoms with Crippen LogP contribution in [0.2, 0.25) is 0 Å². The van der Waals surface area contributed by atoms with Gasteiger partial charge in [-0.25, -0.2) is 0 Å². The van der Waals surface area contributed by atoms with Crippen LogP contribution < -0.4 is 16.0 Å². The molecule has 3 N–H and O–H groups in total. The number of hydrogen-bond acceptors (Lipinski definition) is 6. The van der Waals surface area contributed by atoms with Crippen LogP contribution in [0.4, 0.5) is 5.69 Å². The van der Waals surface area contributed by atoms with Crippen molar-refractivity contribution < 1.29 is 19.2 Å². The lowest BCUT2D eigenvalue weighted by Crippen LogP contribution is -2.54. The second-order valence-corrected chi connectivity index (χ2v) is 7.06. The van der Waals surface area contributed by atoms with E-state index in [1.54, 1.807) is 12.1 Å². The molecule has 1 aromatic rings. The van der Waals surface area contributed by atoms with E-state index in [0.717, 1.165) is 23.6 Å². The summed E-state index contributed by atoms with van der Waals surface area (Å²) in [5.74, 6) is -1.96. The van der Waals surface area contributed by atoms with Crippen molar-refractivity contribution in [1.29, 1.82) is 0 Å². The number of carbonyl (C=O) groups is 4. The molecule has 4 amide bonds. The van der Waals surface area contributed by atoms with Crippen molar-refractivity contribution in [1.82, 2.24) is 10.2 Å². The molecule has 0 aliphatic carbocycles. The molecular formula is C18H20N4O4. The monoisotopic (exact) mass is 356 g/mol. The van der Waals surface area contributed by atoms with Crippen LogP contribution in [-0.4, -0.2) is 53.2 Å². The van der Waals surface area contributed by atoms with Gasteiger partial charge in [-0.15, -0.1) is 0 Å². The van der Waals surface area contributed by atoms with Gasteiger partial charge in [0.05, 0.1) is 11.1 Å². The van der Waals surface area contributed by atoms with E-state index in [1.807, 2.05) is 13.0 Å². The van der Waals surface area contributed by atoms with E-state index >= 15 is 0 Å². The van der Waals surface area contributed by atoms with Crippen molar-refractivity contribution in [3.05, 3.63) is 29.3 Å². The number of benzene rings is 1. The number of carbonyl (C=O) groups excluding carboxylic acids is 4. The Bertz CT molecular complexity index is 836. The molecule has 0 radical (unpaired) electrons. The number of imide groups is 2.